The van der Waals surface area contributed by atoms with Gasteiger partial charge in [0, 0.05) is 26.8 Å². The van der Waals surface area contributed by atoms with Crippen molar-refractivity contribution in [2.24, 2.45) is 0 Å². The maximum absolute atomic E-state index is 12.5. The van der Waals surface area contributed by atoms with Gasteiger partial charge in [-0.1, -0.05) is 0 Å². The number of hydrogen-bond donors (Lipinski definition) is 1. The van der Waals surface area contributed by atoms with E-state index in [1.54, 1.807) is 36.3 Å². The van der Waals surface area contributed by atoms with E-state index >= 15 is 0 Å². The Morgan fingerprint density at radius 1 is 1.45 bits per heavy atom. The van der Waals surface area contributed by atoms with Gasteiger partial charge in [0.2, 0.25) is 5.91 Å². The summed E-state index contributed by atoms with van der Waals surface area (Å²) < 4.78 is 0. The standard InChI is InChI=1S/C15H21N5O2/c1-18(2)14(22)20-9-13(21)19(12-4-3-6-16-8-12)11-15(20)5-7-17-10-15/h3-4,6,8,17H,5,7,9-11H2,1-2H3/t15-/m1/s1. The second kappa shape index (κ2) is 5.57. The molecule has 0 bridgehead atoms. The minimum Gasteiger partial charge on any atom is -0.331 e. The summed E-state index contributed by atoms with van der Waals surface area (Å²) in [4.78, 5) is 34.1. The van der Waals surface area contributed by atoms with E-state index in [2.05, 4.69) is 10.3 Å². The van der Waals surface area contributed by atoms with Crippen LogP contribution in [0, 0.1) is 0 Å². The first-order valence-corrected chi connectivity index (χ1v) is 7.43. The van der Waals surface area contributed by atoms with E-state index in [9.17, 15) is 9.59 Å². The molecule has 22 heavy (non-hydrogen) atoms. The second-order valence-electron chi connectivity index (χ2n) is 6.11. The Kier molecular flexibility index (Phi) is 3.74. The molecule has 0 saturated carbocycles. The molecule has 2 aliphatic heterocycles. The molecule has 3 rings (SSSR count). The molecule has 2 aliphatic rings. The molecular formula is C15H21N5O2. The lowest BCUT2D eigenvalue weighted by atomic mass is 9.92. The molecule has 1 aromatic heterocycles. The summed E-state index contributed by atoms with van der Waals surface area (Å²) in [5.41, 5.74) is 0.446. The zero-order chi connectivity index (χ0) is 15.7. The van der Waals surface area contributed by atoms with Crippen LogP contribution < -0.4 is 10.2 Å². The largest absolute Gasteiger partial charge is 0.331 e. The molecular weight excluding hydrogens is 282 g/mol. The molecule has 2 fully saturated rings. The van der Waals surface area contributed by atoms with Gasteiger partial charge in [-0.3, -0.25) is 9.78 Å². The van der Waals surface area contributed by atoms with E-state index in [1.165, 1.54) is 4.90 Å². The maximum Gasteiger partial charge on any atom is 0.320 e. The first-order valence-electron chi connectivity index (χ1n) is 7.43. The molecule has 1 N–H and O–H groups in total. The minimum atomic E-state index is -0.342. The third-order valence-electron chi connectivity index (χ3n) is 4.41. The summed E-state index contributed by atoms with van der Waals surface area (Å²) in [6.45, 7) is 2.17. The van der Waals surface area contributed by atoms with Gasteiger partial charge in [-0.25, -0.2) is 4.79 Å². The third kappa shape index (κ3) is 2.41. The van der Waals surface area contributed by atoms with Crippen LogP contribution in [0.25, 0.3) is 0 Å². The fourth-order valence-corrected chi connectivity index (χ4v) is 3.21. The van der Waals surface area contributed by atoms with E-state index in [0.717, 1.165) is 18.7 Å². The van der Waals surface area contributed by atoms with Crippen LogP contribution in [0.1, 0.15) is 6.42 Å². The zero-order valence-electron chi connectivity index (χ0n) is 13.0. The number of hydrogen-bond acceptors (Lipinski definition) is 4. The number of piperazine rings is 1. The summed E-state index contributed by atoms with van der Waals surface area (Å²) in [6, 6.07) is 3.59. The first kappa shape index (κ1) is 14.8. The van der Waals surface area contributed by atoms with Crippen molar-refractivity contribution < 1.29 is 9.59 Å². The molecule has 1 aromatic rings. The van der Waals surface area contributed by atoms with Crippen molar-refractivity contribution in [3.05, 3.63) is 24.5 Å². The number of aromatic nitrogens is 1. The van der Waals surface area contributed by atoms with E-state index in [1.807, 2.05) is 12.1 Å². The fourth-order valence-electron chi connectivity index (χ4n) is 3.21. The van der Waals surface area contributed by atoms with Crippen LogP contribution in [0.4, 0.5) is 10.5 Å². The second-order valence-corrected chi connectivity index (χ2v) is 6.11. The Morgan fingerprint density at radius 3 is 2.86 bits per heavy atom. The predicted molar refractivity (Wildman–Crippen MR) is 82.6 cm³/mol. The van der Waals surface area contributed by atoms with Crippen LogP contribution in [0.5, 0.6) is 0 Å². The molecule has 0 aliphatic carbocycles. The Hall–Kier alpha value is -2.15. The van der Waals surface area contributed by atoms with E-state index in [4.69, 9.17) is 0 Å². The number of anilines is 1. The lowest BCUT2D eigenvalue weighted by Crippen LogP contribution is -2.68. The van der Waals surface area contributed by atoms with Crippen molar-refractivity contribution in [1.29, 1.82) is 0 Å². The highest BCUT2D eigenvalue weighted by Gasteiger charge is 2.49. The molecule has 2 saturated heterocycles. The molecule has 0 radical (unpaired) electrons. The van der Waals surface area contributed by atoms with Gasteiger partial charge in [-0.05, 0) is 25.1 Å². The third-order valence-corrected chi connectivity index (χ3v) is 4.41. The predicted octanol–water partition coefficient (Wildman–Crippen LogP) is 0.144. The highest BCUT2D eigenvalue weighted by Crippen LogP contribution is 2.31. The Bertz CT molecular complexity index is 569. The van der Waals surface area contributed by atoms with Gasteiger partial charge in [0.25, 0.3) is 0 Å². The topological polar surface area (TPSA) is 68.8 Å². The summed E-state index contributed by atoms with van der Waals surface area (Å²) in [5, 5.41) is 3.33. The molecule has 7 nitrogen and oxygen atoms in total. The zero-order valence-corrected chi connectivity index (χ0v) is 13.0. The maximum atomic E-state index is 12.5. The monoisotopic (exact) mass is 303 g/mol. The number of carbonyl (C=O) groups is 2. The number of rotatable bonds is 1. The van der Waals surface area contributed by atoms with Crippen LogP contribution >= 0.6 is 0 Å². The summed E-state index contributed by atoms with van der Waals surface area (Å²) in [6.07, 6.45) is 4.22. The number of urea groups is 1. The van der Waals surface area contributed by atoms with Crippen LogP contribution in [0.3, 0.4) is 0 Å². The van der Waals surface area contributed by atoms with Gasteiger partial charge in [0.15, 0.2) is 0 Å². The number of pyridine rings is 1. The van der Waals surface area contributed by atoms with Crippen LogP contribution in [-0.2, 0) is 4.79 Å². The van der Waals surface area contributed by atoms with Crippen molar-refractivity contribution in [3.63, 3.8) is 0 Å². The van der Waals surface area contributed by atoms with Crippen molar-refractivity contribution in [2.75, 3.05) is 45.2 Å². The lowest BCUT2D eigenvalue weighted by molar-refractivity contribution is -0.123. The SMILES string of the molecule is CN(C)C(=O)N1CC(=O)N(c2cccnc2)C[C@]12CCNC2. The minimum absolute atomic E-state index is 0.0688. The van der Waals surface area contributed by atoms with Crippen molar-refractivity contribution in [2.45, 2.75) is 12.0 Å². The van der Waals surface area contributed by atoms with Gasteiger partial charge in [0.1, 0.15) is 6.54 Å². The Morgan fingerprint density at radius 2 is 2.27 bits per heavy atom. The van der Waals surface area contributed by atoms with Gasteiger partial charge in [0.05, 0.1) is 24.0 Å². The number of carbonyl (C=O) groups excluding carboxylic acids is 2. The molecule has 0 aromatic carbocycles. The summed E-state index contributed by atoms with van der Waals surface area (Å²) in [5.74, 6) is -0.0688. The number of nitrogens with one attached hydrogen (secondary N) is 1. The van der Waals surface area contributed by atoms with Crippen LogP contribution in [-0.4, -0.2) is 72.5 Å². The Labute approximate surface area is 129 Å². The van der Waals surface area contributed by atoms with Crippen molar-refractivity contribution in [3.8, 4) is 0 Å². The molecule has 7 heteroatoms. The smallest absolute Gasteiger partial charge is 0.320 e. The summed E-state index contributed by atoms with van der Waals surface area (Å²) in [7, 11) is 3.44. The highest BCUT2D eigenvalue weighted by atomic mass is 16.2. The number of amides is 3. The molecule has 3 amide bonds. The van der Waals surface area contributed by atoms with Gasteiger partial charge >= 0.3 is 6.03 Å². The van der Waals surface area contributed by atoms with E-state index < -0.39 is 0 Å². The van der Waals surface area contributed by atoms with E-state index in [0.29, 0.717) is 13.1 Å². The molecule has 118 valence electrons. The first-order chi connectivity index (χ1) is 10.5. The van der Waals surface area contributed by atoms with Gasteiger partial charge in [-0.2, -0.15) is 0 Å². The van der Waals surface area contributed by atoms with Gasteiger partial charge in [-0.15, -0.1) is 0 Å². The number of nitrogens with zero attached hydrogens (tertiary/aromatic N) is 4. The van der Waals surface area contributed by atoms with E-state index in [-0.39, 0.29) is 24.0 Å². The van der Waals surface area contributed by atoms with Gasteiger partial charge < -0.3 is 20.0 Å². The Balaban J connectivity index is 1.92. The van der Waals surface area contributed by atoms with Crippen LogP contribution in [0.2, 0.25) is 0 Å². The average Bonchev–Trinajstić information content (AvgIpc) is 2.98. The normalized spacial score (nSPS) is 24.9. The molecule has 0 unspecified atom stereocenters. The fraction of sp³-hybridized carbons (Fsp3) is 0.533. The van der Waals surface area contributed by atoms with Crippen molar-refractivity contribution in [1.82, 2.24) is 20.1 Å². The van der Waals surface area contributed by atoms with Crippen molar-refractivity contribution >= 4 is 17.6 Å². The highest BCUT2D eigenvalue weighted by molar-refractivity contribution is 5.98. The quantitative estimate of drug-likeness (QED) is 0.801. The lowest BCUT2D eigenvalue weighted by Gasteiger charge is -2.48. The van der Waals surface area contributed by atoms with Crippen LogP contribution in [0.15, 0.2) is 24.5 Å². The average molecular weight is 303 g/mol. The molecule has 1 spiro atoms. The summed E-state index contributed by atoms with van der Waals surface area (Å²) >= 11 is 0. The molecule has 1 atom stereocenters. The molecule has 3 heterocycles.